The number of hydrogen-bond acceptors (Lipinski definition) is 5. The number of carboxylic acids is 2. The fraction of sp³-hybridized carbons (Fsp3) is 0.515. The first-order valence-electron chi connectivity index (χ1n) is 15.3. The van der Waals surface area contributed by atoms with E-state index in [1.807, 2.05) is 34.6 Å². The summed E-state index contributed by atoms with van der Waals surface area (Å²) in [5.74, 6) is -1.25. The quantitative estimate of drug-likeness (QED) is 0.148. The van der Waals surface area contributed by atoms with E-state index < -0.39 is 11.9 Å². The zero-order chi connectivity index (χ0) is 32.3. The van der Waals surface area contributed by atoms with Gasteiger partial charge in [0.15, 0.2) is 0 Å². The minimum atomic E-state index is -0.885. The Labute approximate surface area is 263 Å². The lowest BCUT2D eigenvalue weighted by Crippen LogP contribution is -2.31. The number of carbonyl (C=O) groups excluding carboxylic acids is 2. The number of amides is 2. The second kappa shape index (κ2) is 13.9. The largest absolute Gasteiger partial charge is 0.481 e. The molecule has 2 aliphatic rings. The average Bonchev–Trinajstić information content (AvgIpc) is 3.60. The molecule has 2 aromatic rings. The van der Waals surface area contributed by atoms with Gasteiger partial charge in [0, 0.05) is 66.0 Å². The molecule has 0 aliphatic carbocycles. The van der Waals surface area contributed by atoms with Crippen LogP contribution in [0.2, 0.25) is 0 Å². The van der Waals surface area contributed by atoms with Gasteiger partial charge in [-0.25, -0.2) is 0 Å². The van der Waals surface area contributed by atoms with E-state index in [2.05, 4.69) is 33.2 Å². The maximum absolute atomic E-state index is 12.5. The summed E-state index contributed by atoms with van der Waals surface area (Å²) in [6.45, 7) is 9.75. The lowest BCUT2D eigenvalue weighted by Gasteiger charge is -2.15. The number of aliphatic carboxylic acids is 2. The van der Waals surface area contributed by atoms with Gasteiger partial charge in [-0.05, 0) is 92.5 Å². The van der Waals surface area contributed by atoms with Gasteiger partial charge in [0.1, 0.15) is 0 Å². The Hall–Kier alpha value is -3.73. The number of H-pyrrole nitrogens is 2. The molecule has 2 amide bonds. The van der Waals surface area contributed by atoms with Crippen molar-refractivity contribution in [2.24, 2.45) is 0 Å². The third-order valence-electron chi connectivity index (χ3n) is 9.35. The second-order valence-electron chi connectivity index (χ2n) is 11.9. The first-order valence-corrected chi connectivity index (χ1v) is 15.9. The number of aromatic nitrogens is 2. The van der Waals surface area contributed by atoms with Crippen molar-refractivity contribution in [1.29, 1.82) is 0 Å². The summed E-state index contributed by atoms with van der Waals surface area (Å²) >= 11 is 4.38. The molecule has 0 aromatic carbocycles. The lowest BCUT2D eigenvalue weighted by molar-refractivity contribution is -0.138. The van der Waals surface area contributed by atoms with Crippen LogP contribution in [0.5, 0.6) is 0 Å². The van der Waals surface area contributed by atoms with E-state index in [9.17, 15) is 29.4 Å². The van der Waals surface area contributed by atoms with Gasteiger partial charge in [0.2, 0.25) is 11.8 Å². The Kier molecular flexibility index (Phi) is 10.5. The Morgan fingerprint density at radius 3 is 1.70 bits per heavy atom. The molecular formula is C33H44N4O6S. The molecule has 0 saturated heterocycles. The van der Waals surface area contributed by atoms with Crippen LogP contribution in [0.1, 0.15) is 91.5 Å². The second-order valence-corrected chi connectivity index (χ2v) is 12.4. The molecule has 2 aliphatic heterocycles. The first kappa shape index (κ1) is 33.2. The van der Waals surface area contributed by atoms with Gasteiger partial charge in [0.25, 0.3) is 0 Å². The van der Waals surface area contributed by atoms with Gasteiger partial charge in [-0.3, -0.25) is 19.2 Å². The highest BCUT2D eigenvalue weighted by molar-refractivity contribution is 7.80. The number of aromatic amines is 2. The van der Waals surface area contributed by atoms with Gasteiger partial charge < -0.3 is 30.8 Å². The highest BCUT2D eigenvalue weighted by Crippen LogP contribution is 2.31. The molecule has 2 atom stereocenters. The van der Waals surface area contributed by atoms with E-state index in [-0.39, 0.29) is 36.7 Å². The molecule has 11 heteroatoms. The number of hydrogen-bond donors (Lipinski definition) is 7. The van der Waals surface area contributed by atoms with Crippen LogP contribution >= 0.6 is 12.6 Å². The van der Waals surface area contributed by atoms with Gasteiger partial charge in [0.05, 0.1) is 12.1 Å². The average molecular weight is 625 g/mol. The van der Waals surface area contributed by atoms with Crippen molar-refractivity contribution in [2.75, 3.05) is 5.75 Å². The van der Waals surface area contributed by atoms with Gasteiger partial charge in [-0.1, -0.05) is 6.92 Å². The molecule has 0 radical (unpaired) electrons. The van der Waals surface area contributed by atoms with Crippen LogP contribution in [0, 0.1) is 13.8 Å². The SMILES string of the molecule is CCC1=C(C)[C@@H](Cc2[nH]c(Cc3[nH]c(C[C@@H]4NC(=O)C(C)=C4CCS)c(C)c3CCC(=O)O)c(CCC(=O)O)c2C)NC1=O. The number of carbonyl (C=O) groups is 4. The van der Waals surface area contributed by atoms with Gasteiger partial charge in [-0.2, -0.15) is 12.6 Å². The van der Waals surface area contributed by atoms with E-state index in [1.54, 1.807) is 0 Å². The van der Waals surface area contributed by atoms with Crippen molar-refractivity contribution < 1.29 is 29.4 Å². The van der Waals surface area contributed by atoms with Crippen LogP contribution in [-0.2, 0) is 51.3 Å². The Morgan fingerprint density at radius 2 is 1.25 bits per heavy atom. The van der Waals surface area contributed by atoms with Gasteiger partial charge in [-0.15, -0.1) is 0 Å². The topological polar surface area (TPSA) is 164 Å². The maximum Gasteiger partial charge on any atom is 0.303 e. The summed E-state index contributed by atoms with van der Waals surface area (Å²) in [4.78, 5) is 55.2. The van der Waals surface area contributed by atoms with Crippen molar-refractivity contribution in [1.82, 2.24) is 20.6 Å². The van der Waals surface area contributed by atoms with Crippen LogP contribution in [0.25, 0.3) is 0 Å². The first-order chi connectivity index (χ1) is 20.9. The van der Waals surface area contributed by atoms with Crippen LogP contribution < -0.4 is 10.6 Å². The zero-order valence-electron chi connectivity index (χ0n) is 26.2. The summed E-state index contributed by atoms with van der Waals surface area (Å²) in [7, 11) is 0. The molecule has 0 fully saturated rings. The number of nitrogens with one attached hydrogen (secondary N) is 4. The van der Waals surface area contributed by atoms with Crippen molar-refractivity contribution in [3.63, 3.8) is 0 Å². The minimum Gasteiger partial charge on any atom is -0.481 e. The highest BCUT2D eigenvalue weighted by atomic mass is 32.1. The normalized spacial score (nSPS) is 18.4. The predicted octanol–water partition coefficient (Wildman–Crippen LogP) is 4.03. The van der Waals surface area contributed by atoms with Crippen molar-refractivity contribution in [3.05, 3.63) is 67.3 Å². The molecule has 4 rings (SSSR count). The number of carboxylic acid groups (broad SMARTS) is 2. The lowest BCUT2D eigenvalue weighted by atomic mass is 9.95. The van der Waals surface area contributed by atoms with E-state index in [4.69, 9.17) is 0 Å². The third-order valence-corrected chi connectivity index (χ3v) is 9.58. The maximum atomic E-state index is 12.5. The van der Waals surface area contributed by atoms with Crippen LogP contribution in [-0.4, -0.2) is 61.8 Å². The smallest absolute Gasteiger partial charge is 0.303 e. The van der Waals surface area contributed by atoms with Crippen LogP contribution in [0.4, 0.5) is 0 Å². The molecule has 0 spiro atoms. The van der Waals surface area contributed by atoms with Crippen LogP contribution in [0.15, 0.2) is 22.3 Å². The van der Waals surface area contributed by atoms with Crippen LogP contribution in [0.3, 0.4) is 0 Å². The molecule has 44 heavy (non-hydrogen) atoms. The predicted molar refractivity (Wildman–Crippen MR) is 171 cm³/mol. The molecule has 0 bridgehead atoms. The summed E-state index contributed by atoms with van der Waals surface area (Å²) in [6, 6.07) is -0.298. The Morgan fingerprint density at radius 1 is 0.750 bits per heavy atom. The van der Waals surface area contributed by atoms with E-state index in [0.717, 1.165) is 67.3 Å². The standard InChI is InChI=1S/C33H44N4O6S/c1-6-20-16(2)26(36-33(20)43)13-24-17(3)21(7-9-30(38)39)27(34-24)15-28-22(8-10-31(40)41)18(4)25(35-28)14-29-23(11-12-44)19(5)32(42)37-29/h26,29,34-35,44H,6-15H2,1-5H3,(H,36,43)(H,37,42)(H,38,39)(H,40,41)/t26-,29+/m1/s1. The third kappa shape index (κ3) is 6.98. The fourth-order valence-corrected chi connectivity index (χ4v) is 7.00. The van der Waals surface area contributed by atoms with Gasteiger partial charge >= 0.3 is 11.9 Å². The fourth-order valence-electron chi connectivity index (χ4n) is 6.76. The zero-order valence-corrected chi connectivity index (χ0v) is 27.1. The summed E-state index contributed by atoms with van der Waals surface area (Å²) < 4.78 is 0. The summed E-state index contributed by atoms with van der Waals surface area (Å²) in [5, 5.41) is 25.1. The molecule has 4 heterocycles. The number of rotatable bonds is 15. The minimum absolute atomic E-state index is 0.0218. The monoisotopic (exact) mass is 624 g/mol. The van der Waals surface area contributed by atoms with Crippen molar-refractivity contribution in [2.45, 2.75) is 104 Å². The molecule has 6 N–H and O–H groups in total. The summed E-state index contributed by atoms with van der Waals surface area (Å²) in [6.07, 6.45) is 3.56. The molecule has 2 aromatic heterocycles. The summed E-state index contributed by atoms with van der Waals surface area (Å²) in [5.41, 5.74) is 11.1. The Balaban J connectivity index is 1.70. The van der Waals surface area contributed by atoms with Crippen molar-refractivity contribution in [3.8, 4) is 0 Å². The number of thiol groups is 1. The van der Waals surface area contributed by atoms with E-state index >= 15 is 0 Å². The Bertz CT molecular complexity index is 1550. The molecular weight excluding hydrogens is 580 g/mol. The van der Waals surface area contributed by atoms with E-state index in [1.165, 1.54) is 0 Å². The van der Waals surface area contributed by atoms with Crippen molar-refractivity contribution >= 4 is 36.4 Å². The molecule has 10 nitrogen and oxygen atoms in total. The molecule has 0 saturated carbocycles. The molecule has 0 unspecified atom stereocenters. The van der Waals surface area contributed by atoms with E-state index in [0.29, 0.717) is 50.7 Å². The highest BCUT2D eigenvalue weighted by Gasteiger charge is 2.31. The molecule has 238 valence electrons.